The molecule has 0 fully saturated rings. The van der Waals surface area contributed by atoms with Crippen LogP contribution in [0.25, 0.3) is 0 Å². The number of aliphatic hydroxyl groups is 1. The van der Waals surface area contributed by atoms with Crippen molar-refractivity contribution in [3.63, 3.8) is 0 Å². The third-order valence-corrected chi connectivity index (χ3v) is 5.24. The second kappa shape index (κ2) is 6.40. The molecule has 0 radical (unpaired) electrons. The molecule has 1 atom stereocenters. The number of H-pyrrole nitrogens is 1. The standard InChI is InChI=1S/C19H23N3O2/c23-18-12-22(11-13-5-1-2-6-14(13)18)19(24)10-9-17-15-7-3-4-8-16(15)20-21-17/h1-2,5-6,18,23H,3-4,7-12H2,(H,20,21). The van der Waals surface area contributed by atoms with Gasteiger partial charge in [0, 0.05) is 25.1 Å². The molecule has 1 amide bonds. The topological polar surface area (TPSA) is 69.2 Å². The first-order valence-corrected chi connectivity index (χ1v) is 8.81. The van der Waals surface area contributed by atoms with Crippen molar-refractivity contribution in [2.45, 2.75) is 51.2 Å². The van der Waals surface area contributed by atoms with E-state index in [1.807, 2.05) is 24.3 Å². The molecular formula is C19H23N3O2. The lowest BCUT2D eigenvalue weighted by atomic mass is 9.94. The van der Waals surface area contributed by atoms with E-state index in [-0.39, 0.29) is 5.91 Å². The second-order valence-corrected chi connectivity index (χ2v) is 6.82. The first kappa shape index (κ1) is 15.4. The van der Waals surface area contributed by atoms with E-state index in [4.69, 9.17) is 0 Å². The number of β-amino-alcohol motifs (C(OH)–C–C–N with tert-alkyl or cyclic N) is 1. The number of carbonyl (C=O) groups is 1. The number of nitrogens with one attached hydrogen (secondary N) is 1. The van der Waals surface area contributed by atoms with Crippen LogP contribution >= 0.6 is 0 Å². The molecule has 2 aliphatic rings. The average molecular weight is 325 g/mol. The summed E-state index contributed by atoms with van der Waals surface area (Å²) < 4.78 is 0. The van der Waals surface area contributed by atoms with Gasteiger partial charge in [0.2, 0.25) is 5.91 Å². The Hall–Kier alpha value is -2.14. The fourth-order valence-corrected chi connectivity index (χ4v) is 3.91. The summed E-state index contributed by atoms with van der Waals surface area (Å²) in [5.74, 6) is 0.0936. The molecule has 24 heavy (non-hydrogen) atoms. The van der Waals surface area contributed by atoms with Crippen molar-refractivity contribution in [1.82, 2.24) is 15.1 Å². The second-order valence-electron chi connectivity index (χ2n) is 6.82. The molecule has 0 spiro atoms. The third-order valence-electron chi connectivity index (χ3n) is 5.24. The van der Waals surface area contributed by atoms with Gasteiger partial charge in [-0.15, -0.1) is 0 Å². The van der Waals surface area contributed by atoms with E-state index in [2.05, 4.69) is 10.2 Å². The molecule has 0 bridgehead atoms. The van der Waals surface area contributed by atoms with E-state index in [0.29, 0.717) is 25.9 Å². The van der Waals surface area contributed by atoms with Crippen molar-refractivity contribution < 1.29 is 9.90 Å². The average Bonchev–Trinajstić information content (AvgIpc) is 3.03. The minimum atomic E-state index is -0.586. The number of aliphatic hydroxyl groups excluding tert-OH is 1. The van der Waals surface area contributed by atoms with E-state index in [1.54, 1.807) is 4.90 Å². The lowest BCUT2D eigenvalue weighted by Gasteiger charge is -2.32. The summed E-state index contributed by atoms with van der Waals surface area (Å²) in [6, 6.07) is 7.82. The first-order valence-electron chi connectivity index (χ1n) is 8.81. The van der Waals surface area contributed by atoms with Crippen LogP contribution in [0.4, 0.5) is 0 Å². The summed E-state index contributed by atoms with van der Waals surface area (Å²) in [6.45, 7) is 0.971. The van der Waals surface area contributed by atoms with Gasteiger partial charge in [0.25, 0.3) is 0 Å². The van der Waals surface area contributed by atoms with Crippen LogP contribution in [0.5, 0.6) is 0 Å². The molecule has 1 unspecified atom stereocenters. The number of fused-ring (bicyclic) bond motifs is 2. The molecule has 5 heteroatoms. The van der Waals surface area contributed by atoms with Crippen molar-refractivity contribution in [1.29, 1.82) is 0 Å². The van der Waals surface area contributed by atoms with Gasteiger partial charge >= 0.3 is 0 Å². The molecule has 1 aliphatic heterocycles. The summed E-state index contributed by atoms with van der Waals surface area (Å²) in [4.78, 5) is 14.4. The third kappa shape index (κ3) is 2.84. The molecule has 0 saturated heterocycles. The quantitative estimate of drug-likeness (QED) is 0.910. The van der Waals surface area contributed by atoms with Gasteiger partial charge in [-0.2, -0.15) is 5.10 Å². The maximum atomic E-state index is 12.6. The highest BCUT2D eigenvalue weighted by Crippen LogP contribution is 2.27. The van der Waals surface area contributed by atoms with Crippen LogP contribution in [0.1, 0.15) is 53.4 Å². The van der Waals surface area contributed by atoms with Crippen LogP contribution in [0.2, 0.25) is 0 Å². The number of aryl methyl sites for hydroxylation is 2. The van der Waals surface area contributed by atoms with Crippen molar-refractivity contribution in [3.8, 4) is 0 Å². The predicted octanol–water partition coefficient (Wildman–Crippen LogP) is 2.30. The van der Waals surface area contributed by atoms with Crippen molar-refractivity contribution in [3.05, 3.63) is 52.3 Å². The number of carbonyl (C=O) groups excluding carboxylic acids is 1. The molecule has 1 aromatic carbocycles. The normalized spacial score (nSPS) is 19.7. The molecule has 2 heterocycles. The van der Waals surface area contributed by atoms with Gasteiger partial charge < -0.3 is 10.0 Å². The SMILES string of the molecule is O=C(CCc1n[nH]c2c1CCCC2)N1Cc2ccccc2C(O)C1. The van der Waals surface area contributed by atoms with E-state index < -0.39 is 6.10 Å². The van der Waals surface area contributed by atoms with Crippen LogP contribution in [0, 0.1) is 0 Å². The van der Waals surface area contributed by atoms with Gasteiger partial charge in [0.1, 0.15) is 0 Å². The number of benzene rings is 1. The molecular weight excluding hydrogens is 302 g/mol. The Morgan fingerprint density at radius 3 is 3.04 bits per heavy atom. The van der Waals surface area contributed by atoms with Gasteiger partial charge in [-0.3, -0.25) is 9.89 Å². The number of rotatable bonds is 3. The van der Waals surface area contributed by atoms with Crippen LogP contribution in [-0.2, 0) is 30.6 Å². The zero-order chi connectivity index (χ0) is 16.5. The zero-order valence-electron chi connectivity index (χ0n) is 13.8. The van der Waals surface area contributed by atoms with E-state index in [0.717, 1.165) is 29.7 Å². The Morgan fingerprint density at radius 2 is 2.12 bits per heavy atom. The largest absolute Gasteiger partial charge is 0.387 e. The van der Waals surface area contributed by atoms with Crippen LogP contribution in [0.3, 0.4) is 0 Å². The Kier molecular flexibility index (Phi) is 4.10. The summed E-state index contributed by atoms with van der Waals surface area (Å²) in [7, 11) is 0. The molecule has 1 aliphatic carbocycles. The summed E-state index contributed by atoms with van der Waals surface area (Å²) >= 11 is 0. The highest BCUT2D eigenvalue weighted by atomic mass is 16.3. The van der Waals surface area contributed by atoms with E-state index in [9.17, 15) is 9.90 Å². The lowest BCUT2D eigenvalue weighted by molar-refractivity contribution is -0.134. The minimum Gasteiger partial charge on any atom is -0.387 e. The maximum Gasteiger partial charge on any atom is 0.223 e. The summed E-state index contributed by atoms with van der Waals surface area (Å²) in [5, 5.41) is 17.8. The lowest BCUT2D eigenvalue weighted by Crippen LogP contribution is -2.38. The van der Waals surface area contributed by atoms with Crippen LogP contribution < -0.4 is 0 Å². The molecule has 126 valence electrons. The first-order chi connectivity index (χ1) is 11.7. The minimum absolute atomic E-state index is 0.0936. The fourth-order valence-electron chi connectivity index (χ4n) is 3.91. The molecule has 4 rings (SSSR count). The summed E-state index contributed by atoms with van der Waals surface area (Å²) in [5.41, 5.74) is 5.63. The Labute approximate surface area is 141 Å². The maximum absolute atomic E-state index is 12.6. The molecule has 0 saturated carbocycles. The van der Waals surface area contributed by atoms with Crippen LogP contribution in [0.15, 0.2) is 24.3 Å². The molecule has 2 N–H and O–H groups in total. The van der Waals surface area contributed by atoms with E-state index in [1.165, 1.54) is 24.1 Å². The van der Waals surface area contributed by atoms with E-state index >= 15 is 0 Å². The van der Waals surface area contributed by atoms with Gasteiger partial charge in [-0.05, 0) is 42.4 Å². The number of aromatic nitrogens is 2. The van der Waals surface area contributed by atoms with Crippen LogP contribution in [-0.4, -0.2) is 32.7 Å². The molecule has 5 nitrogen and oxygen atoms in total. The number of aromatic amines is 1. The highest BCUT2D eigenvalue weighted by Gasteiger charge is 2.26. The smallest absolute Gasteiger partial charge is 0.223 e. The van der Waals surface area contributed by atoms with Gasteiger partial charge in [0.05, 0.1) is 18.3 Å². The Balaban J connectivity index is 1.41. The van der Waals surface area contributed by atoms with Crippen molar-refractivity contribution in [2.75, 3.05) is 6.54 Å². The zero-order valence-corrected chi connectivity index (χ0v) is 13.8. The monoisotopic (exact) mass is 325 g/mol. The van der Waals surface area contributed by atoms with Crippen molar-refractivity contribution in [2.24, 2.45) is 0 Å². The highest BCUT2D eigenvalue weighted by molar-refractivity contribution is 5.77. The van der Waals surface area contributed by atoms with Crippen molar-refractivity contribution >= 4 is 5.91 Å². The fraction of sp³-hybridized carbons (Fsp3) is 0.474. The predicted molar refractivity (Wildman–Crippen MR) is 90.4 cm³/mol. The van der Waals surface area contributed by atoms with Gasteiger partial charge in [0.15, 0.2) is 0 Å². The number of hydrogen-bond donors (Lipinski definition) is 2. The summed E-state index contributed by atoms with van der Waals surface area (Å²) in [6.07, 6.45) is 5.13. The number of amides is 1. The Bertz CT molecular complexity index is 753. The van der Waals surface area contributed by atoms with Gasteiger partial charge in [-0.1, -0.05) is 24.3 Å². The molecule has 1 aromatic heterocycles. The number of hydrogen-bond acceptors (Lipinski definition) is 3. The Morgan fingerprint density at radius 1 is 1.29 bits per heavy atom. The molecule has 2 aromatic rings. The number of nitrogens with zero attached hydrogens (tertiary/aromatic N) is 2. The van der Waals surface area contributed by atoms with Gasteiger partial charge in [-0.25, -0.2) is 0 Å².